The van der Waals surface area contributed by atoms with Crippen LogP contribution >= 0.6 is 12.4 Å². The van der Waals surface area contributed by atoms with Crippen molar-refractivity contribution in [3.05, 3.63) is 164 Å². The van der Waals surface area contributed by atoms with Crippen LogP contribution in [0.4, 0.5) is 0 Å². The predicted octanol–water partition coefficient (Wildman–Crippen LogP) is 8.90. The van der Waals surface area contributed by atoms with Crippen molar-refractivity contribution in [1.29, 1.82) is 0 Å². The number of hydrogen-bond acceptors (Lipinski definition) is 2. The number of hydrogen-bond donors (Lipinski definition) is 1. The topological polar surface area (TPSA) is 74.8 Å². The molecule has 41 heavy (non-hydrogen) atoms. The lowest BCUT2D eigenvalue weighted by Gasteiger charge is -2.11. The Labute approximate surface area is 249 Å². The van der Waals surface area contributed by atoms with Crippen LogP contribution in [0, 0.1) is 0 Å². The van der Waals surface area contributed by atoms with Crippen molar-refractivity contribution in [2.24, 2.45) is 10.8 Å². The zero-order valence-corrected chi connectivity index (χ0v) is 24.2. The van der Waals surface area contributed by atoms with Gasteiger partial charge in [0.15, 0.2) is 0 Å². The van der Waals surface area contributed by atoms with Crippen molar-refractivity contribution in [2.75, 3.05) is 13.1 Å². The summed E-state index contributed by atoms with van der Waals surface area (Å²) in [5.41, 5.74) is 27.8. The molecule has 0 amide bonds. The van der Waals surface area contributed by atoms with Crippen molar-refractivity contribution in [3.8, 4) is 0 Å². The first-order valence-corrected chi connectivity index (χ1v) is 14.2. The Morgan fingerprint density at radius 3 is 1.27 bits per heavy atom. The summed E-state index contributed by atoms with van der Waals surface area (Å²) in [5.74, 6) is 0. The molecule has 0 saturated heterocycles. The Hall–Kier alpha value is -4.08. The lowest BCUT2D eigenvalue weighted by atomic mass is 9.93. The number of benzene rings is 4. The third-order valence-electron chi connectivity index (χ3n) is 7.71. The third-order valence-corrected chi connectivity index (χ3v) is 7.71. The molecule has 2 aliphatic carbocycles. The van der Waals surface area contributed by atoms with E-state index in [1.165, 1.54) is 55.7 Å². The van der Waals surface area contributed by atoms with Gasteiger partial charge in [0.25, 0.3) is 0 Å². The molecular formula is C36H37ClN4. The van der Waals surface area contributed by atoms with Crippen molar-refractivity contribution < 1.29 is 0 Å². The maximum absolute atomic E-state index is 8.40. The molecule has 0 spiro atoms. The highest BCUT2D eigenvalue weighted by molar-refractivity contribution is 5.85. The van der Waals surface area contributed by atoms with E-state index in [4.69, 9.17) is 11.3 Å². The Morgan fingerprint density at radius 2 is 0.927 bits per heavy atom. The third kappa shape index (κ3) is 7.17. The first-order valence-electron chi connectivity index (χ1n) is 14.2. The number of azide groups is 1. The van der Waals surface area contributed by atoms with E-state index in [-0.39, 0.29) is 12.4 Å². The van der Waals surface area contributed by atoms with Crippen molar-refractivity contribution in [3.63, 3.8) is 0 Å². The minimum atomic E-state index is 0. The highest BCUT2D eigenvalue weighted by Gasteiger charge is 2.18. The highest BCUT2D eigenvalue weighted by atomic mass is 35.5. The van der Waals surface area contributed by atoms with E-state index < -0.39 is 0 Å². The molecule has 0 bridgehead atoms. The molecule has 4 nitrogen and oxygen atoms in total. The standard InChI is InChI=1S/C18H17N3.C18H19N.ClH/c19-21-20-13-5-10-18-16-8-3-1-6-14(16)11-12-15-7-2-4-9-17(15)18;19-13-5-10-18-16-8-3-1-6-14(16)11-12-15-7-2-4-9-17(15)18;/h1-4,6-10H,5,11-13H2;1-4,6-10H,5,11-13,19H2;1H. The smallest absolute Gasteiger partial charge is 0.0292 e. The van der Waals surface area contributed by atoms with Gasteiger partial charge in [-0.25, -0.2) is 0 Å². The minimum absolute atomic E-state index is 0. The second-order valence-electron chi connectivity index (χ2n) is 10.2. The summed E-state index contributed by atoms with van der Waals surface area (Å²) >= 11 is 0. The average molecular weight is 561 g/mol. The van der Waals surface area contributed by atoms with E-state index in [1.807, 2.05) is 0 Å². The molecule has 2 aliphatic rings. The van der Waals surface area contributed by atoms with Gasteiger partial charge in [0.1, 0.15) is 0 Å². The molecular weight excluding hydrogens is 524 g/mol. The maximum Gasteiger partial charge on any atom is 0.0292 e. The Kier molecular flexibility index (Phi) is 11.0. The summed E-state index contributed by atoms with van der Waals surface area (Å²) in [6.45, 7) is 1.21. The van der Waals surface area contributed by atoms with Crippen LogP contribution in [0.5, 0.6) is 0 Å². The quantitative estimate of drug-likeness (QED) is 0.112. The minimum Gasteiger partial charge on any atom is -0.330 e. The molecule has 0 aliphatic heterocycles. The van der Waals surface area contributed by atoms with Gasteiger partial charge in [0.05, 0.1) is 0 Å². The molecule has 0 radical (unpaired) electrons. The van der Waals surface area contributed by atoms with E-state index in [2.05, 4.69) is 119 Å². The molecule has 208 valence electrons. The molecule has 0 aromatic heterocycles. The van der Waals surface area contributed by atoms with Crippen LogP contribution in [0.25, 0.3) is 21.6 Å². The number of nitrogens with two attached hydrogens (primary N) is 1. The van der Waals surface area contributed by atoms with Crippen molar-refractivity contribution in [2.45, 2.75) is 38.5 Å². The van der Waals surface area contributed by atoms with Gasteiger partial charge in [-0.2, -0.15) is 0 Å². The fourth-order valence-corrected chi connectivity index (χ4v) is 5.81. The van der Waals surface area contributed by atoms with Gasteiger partial charge in [0.2, 0.25) is 0 Å². The molecule has 4 aromatic rings. The van der Waals surface area contributed by atoms with Gasteiger partial charge in [-0.3, -0.25) is 0 Å². The lowest BCUT2D eigenvalue weighted by Crippen LogP contribution is -1.98. The van der Waals surface area contributed by atoms with Crippen LogP contribution in [0.3, 0.4) is 0 Å². The monoisotopic (exact) mass is 560 g/mol. The first-order chi connectivity index (χ1) is 19.8. The first kappa shape index (κ1) is 29.9. The number of nitrogens with zero attached hydrogens (tertiary/aromatic N) is 3. The van der Waals surface area contributed by atoms with E-state index >= 15 is 0 Å². The summed E-state index contributed by atoms with van der Waals surface area (Å²) in [6.07, 6.45) is 10.6. The van der Waals surface area contributed by atoms with Crippen LogP contribution in [0.15, 0.2) is 114 Å². The summed E-state index contributed by atoms with van der Waals surface area (Å²) in [5, 5.41) is 3.63. The van der Waals surface area contributed by atoms with Crippen molar-refractivity contribution in [1.82, 2.24) is 0 Å². The normalized spacial score (nSPS) is 12.7. The van der Waals surface area contributed by atoms with Gasteiger partial charge in [0, 0.05) is 11.5 Å². The summed E-state index contributed by atoms with van der Waals surface area (Å²) < 4.78 is 0. The van der Waals surface area contributed by atoms with E-state index in [0.29, 0.717) is 13.1 Å². The van der Waals surface area contributed by atoms with Crippen LogP contribution in [0.1, 0.15) is 57.3 Å². The van der Waals surface area contributed by atoms with E-state index in [9.17, 15) is 0 Å². The van der Waals surface area contributed by atoms with Gasteiger partial charge < -0.3 is 5.73 Å². The van der Waals surface area contributed by atoms with E-state index in [0.717, 1.165) is 38.5 Å². The van der Waals surface area contributed by atoms with Crippen LogP contribution < -0.4 is 5.73 Å². The summed E-state index contributed by atoms with van der Waals surface area (Å²) in [7, 11) is 0. The SMILES string of the molecule is Cl.NCCC=C1c2ccccc2CCc2ccccc21.[N-]=[N+]=NCCC=C1c2ccccc2CCc2ccccc21. The largest absolute Gasteiger partial charge is 0.330 e. The second kappa shape index (κ2) is 15.1. The van der Waals surface area contributed by atoms with E-state index in [1.54, 1.807) is 0 Å². The summed E-state index contributed by atoms with van der Waals surface area (Å²) in [6, 6.07) is 34.7. The van der Waals surface area contributed by atoms with Gasteiger partial charge in [-0.1, -0.05) is 114 Å². The molecule has 0 fully saturated rings. The van der Waals surface area contributed by atoms with Gasteiger partial charge in [-0.05, 0) is 106 Å². The zero-order chi connectivity index (χ0) is 27.6. The van der Waals surface area contributed by atoms with Crippen LogP contribution in [-0.4, -0.2) is 13.1 Å². The lowest BCUT2D eigenvalue weighted by molar-refractivity contribution is 0.965. The van der Waals surface area contributed by atoms with Gasteiger partial charge >= 0.3 is 0 Å². The number of rotatable bonds is 5. The molecule has 6 rings (SSSR count). The molecule has 0 unspecified atom stereocenters. The van der Waals surface area contributed by atoms with Crippen molar-refractivity contribution >= 4 is 23.6 Å². The predicted molar refractivity (Wildman–Crippen MR) is 174 cm³/mol. The fourth-order valence-electron chi connectivity index (χ4n) is 5.81. The maximum atomic E-state index is 8.40. The Bertz CT molecular complexity index is 1480. The molecule has 0 heterocycles. The average Bonchev–Trinajstić information content (AvgIpc) is 3.27. The molecule has 0 atom stereocenters. The molecule has 2 N–H and O–H groups in total. The number of halogens is 1. The number of aryl methyl sites for hydroxylation is 4. The molecule has 4 aromatic carbocycles. The fraction of sp³-hybridized carbons (Fsp3) is 0.222. The van der Waals surface area contributed by atoms with Crippen LogP contribution in [0.2, 0.25) is 0 Å². The Balaban J connectivity index is 0.000000185. The van der Waals surface area contributed by atoms with Crippen LogP contribution in [-0.2, 0) is 25.7 Å². The molecule has 5 heteroatoms. The molecule has 0 saturated carbocycles. The highest BCUT2D eigenvalue weighted by Crippen LogP contribution is 2.34. The zero-order valence-electron chi connectivity index (χ0n) is 23.4. The second-order valence-corrected chi connectivity index (χ2v) is 10.2. The van der Waals surface area contributed by atoms with Gasteiger partial charge in [-0.15, -0.1) is 12.4 Å². The Morgan fingerprint density at radius 1 is 0.585 bits per heavy atom. The summed E-state index contributed by atoms with van der Waals surface area (Å²) in [4.78, 5) is 2.82. The number of fused-ring (bicyclic) bond motifs is 4.